The van der Waals surface area contributed by atoms with Crippen molar-refractivity contribution in [3.8, 4) is 0 Å². The Morgan fingerprint density at radius 3 is 1.40 bits per heavy atom. The van der Waals surface area contributed by atoms with Gasteiger partial charge in [-0.1, -0.05) is 24.3 Å². The van der Waals surface area contributed by atoms with E-state index in [1.807, 2.05) is 0 Å². The zero-order valence-corrected chi connectivity index (χ0v) is 10.5. The van der Waals surface area contributed by atoms with E-state index in [1.165, 1.54) is 12.1 Å². The van der Waals surface area contributed by atoms with Crippen LogP contribution in [-0.2, 0) is 0 Å². The highest BCUT2D eigenvalue weighted by Crippen LogP contribution is 2.20. The average Bonchev–Trinajstić information content (AvgIpc) is 2.46. The molecule has 2 rings (SSSR count). The Kier molecular flexibility index (Phi) is 5.64. The van der Waals surface area contributed by atoms with Crippen LogP contribution >= 0.6 is 0 Å². The minimum absolute atomic E-state index is 0.125. The van der Waals surface area contributed by atoms with Crippen molar-refractivity contribution in [1.29, 1.82) is 0 Å². The second kappa shape index (κ2) is 7.22. The Labute approximate surface area is 114 Å². The first kappa shape index (κ1) is 15.6. The first-order valence-corrected chi connectivity index (χ1v) is 5.72. The van der Waals surface area contributed by atoms with Crippen molar-refractivity contribution in [2.75, 3.05) is 13.2 Å². The van der Waals surface area contributed by atoms with Crippen molar-refractivity contribution in [3.05, 3.63) is 47.5 Å². The van der Waals surface area contributed by atoms with Crippen LogP contribution in [-0.4, -0.2) is 45.6 Å². The van der Waals surface area contributed by atoms with Gasteiger partial charge in [-0.3, -0.25) is 0 Å². The monoisotopic (exact) mass is 278 g/mol. The van der Waals surface area contributed by atoms with E-state index < -0.39 is 11.9 Å². The number of fused-ring (bicyclic) bond motifs is 1. The van der Waals surface area contributed by atoms with Crippen LogP contribution in [0.2, 0.25) is 0 Å². The standard InChI is InChI=1S/C12H8O4.C2H6O2/c13-11(14)9-5-7-3-1-2-4-8(7)6-10(9)12(15)16;3-1-2-4/h1-6H,(H,13,14)(H,15,16);3-4H,1-2H2. The number of carboxylic acid groups (broad SMARTS) is 2. The SMILES string of the molecule is O=C(O)c1cc2ccccc2cc1C(=O)O.OCCO. The summed E-state index contributed by atoms with van der Waals surface area (Å²) >= 11 is 0. The smallest absolute Gasteiger partial charge is 0.336 e. The molecule has 0 aliphatic rings. The van der Waals surface area contributed by atoms with Crippen molar-refractivity contribution in [1.82, 2.24) is 0 Å². The summed E-state index contributed by atoms with van der Waals surface area (Å²) in [6.45, 7) is -0.250. The summed E-state index contributed by atoms with van der Waals surface area (Å²) in [6, 6.07) is 9.78. The van der Waals surface area contributed by atoms with Gasteiger partial charge in [0.2, 0.25) is 0 Å². The van der Waals surface area contributed by atoms with Gasteiger partial charge in [0, 0.05) is 0 Å². The molecule has 2 aromatic rings. The fraction of sp³-hybridized carbons (Fsp3) is 0.143. The third-order valence-corrected chi connectivity index (χ3v) is 2.45. The molecule has 0 aliphatic heterocycles. The summed E-state index contributed by atoms with van der Waals surface area (Å²) in [5.41, 5.74) is -0.377. The third kappa shape index (κ3) is 3.78. The Hall–Kier alpha value is -2.44. The van der Waals surface area contributed by atoms with Gasteiger partial charge in [0.1, 0.15) is 0 Å². The summed E-state index contributed by atoms with van der Waals surface area (Å²) in [6.07, 6.45) is 0. The maximum Gasteiger partial charge on any atom is 0.336 e. The van der Waals surface area contributed by atoms with Gasteiger partial charge in [-0.25, -0.2) is 9.59 Å². The summed E-state index contributed by atoms with van der Waals surface area (Å²) in [5.74, 6) is -2.47. The first-order valence-electron chi connectivity index (χ1n) is 5.72. The number of aromatic carboxylic acids is 2. The Morgan fingerprint density at radius 1 is 0.800 bits per heavy atom. The lowest BCUT2D eigenvalue weighted by Crippen LogP contribution is -2.07. The summed E-state index contributed by atoms with van der Waals surface area (Å²) < 4.78 is 0. The Balaban J connectivity index is 0.000000444. The molecule has 0 aliphatic carbocycles. The topological polar surface area (TPSA) is 115 Å². The normalized spacial score (nSPS) is 9.70. The largest absolute Gasteiger partial charge is 0.478 e. The third-order valence-electron chi connectivity index (χ3n) is 2.45. The number of aliphatic hydroxyl groups excluding tert-OH is 2. The van der Waals surface area contributed by atoms with Gasteiger partial charge in [-0.15, -0.1) is 0 Å². The average molecular weight is 278 g/mol. The Bertz CT molecular complexity index is 566. The van der Waals surface area contributed by atoms with E-state index in [-0.39, 0.29) is 24.3 Å². The highest BCUT2D eigenvalue weighted by molar-refractivity contribution is 6.06. The molecule has 2 aromatic carbocycles. The molecule has 0 saturated carbocycles. The van der Waals surface area contributed by atoms with Gasteiger partial charge in [-0.05, 0) is 22.9 Å². The maximum atomic E-state index is 10.9. The molecule has 6 heteroatoms. The van der Waals surface area contributed by atoms with Crippen LogP contribution in [0.3, 0.4) is 0 Å². The molecule has 20 heavy (non-hydrogen) atoms. The van der Waals surface area contributed by atoms with E-state index in [9.17, 15) is 9.59 Å². The number of carboxylic acids is 2. The lowest BCUT2D eigenvalue weighted by molar-refractivity contribution is 0.0652. The minimum Gasteiger partial charge on any atom is -0.478 e. The predicted molar refractivity (Wildman–Crippen MR) is 72.0 cm³/mol. The van der Waals surface area contributed by atoms with Crippen LogP contribution in [0, 0.1) is 0 Å². The molecule has 0 radical (unpaired) electrons. The lowest BCUT2D eigenvalue weighted by Gasteiger charge is -2.04. The Morgan fingerprint density at radius 2 is 1.15 bits per heavy atom. The molecule has 0 heterocycles. The van der Waals surface area contributed by atoms with E-state index in [4.69, 9.17) is 20.4 Å². The number of rotatable bonds is 3. The highest BCUT2D eigenvalue weighted by Gasteiger charge is 2.16. The minimum atomic E-state index is -1.23. The molecule has 0 amide bonds. The molecule has 106 valence electrons. The van der Waals surface area contributed by atoms with E-state index in [0.717, 1.165) is 0 Å². The predicted octanol–water partition coefficient (Wildman–Crippen LogP) is 1.21. The molecule has 6 nitrogen and oxygen atoms in total. The number of hydrogen-bond acceptors (Lipinski definition) is 4. The fourth-order valence-electron chi connectivity index (χ4n) is 1.59. The van der Waals surface area contributed by atoms with Crippen LogP contribution in [0.1, 0.15) is 20.7 Å². The second-order valence-electron chi connectivity index (χ2n) is 3.80. The van der Waals surface area contributed by atoms with Crippen molar-refractivity contribution < 1.29 is 30.0 Å². The number of benzene rings is 2. The molecule has 0 fully saturated rings. The van der Waals surface area contributed by atoms with E-state index >= 15 is 0 Å². The van der Waals surface area contributed by atoms with Gasteiger partial charge in [0.05, 0.1) is 24.3 Å². The second-order valence-corrected chi connectivity index (χ2v) is 3.80. The number of carbonyl (C=O) groups is 2. The van der Waals surface area contributed by atoms with Gasteiger partial charge in [-0.2, -0.15) is 0 Å². The fourth-order valence-corrected chi connectivity index (χ4v) is 1.59. The van der Waals surface area contributed by atoms with Crippen molar-refractivity contribution in [2.24, 2.45) is 0 Å². The van der Waals surface area contributed by atoms with E-state index in [0.29, 0.717) is 10.8 Å². The molecular formula is C14H14O6. The molecule has 0 bridgehead atoms. The lowest BCUT2D eigenvalue weighted by atomic mass is 10.0. The van der Waals surface area contributed by atoms with Crippen LogP contribution in [0.25, 0.3) is 10.8 Å². The first-order chi connectivity index (χ1) is 9.51. The van der Waals surface area contributed by atoms with Crippen LogP contribution in [0.15, 0.2) is 36.4 Å². The van der Waals surface area contributed by atoms with Gasteiger partial charge >= 0.3 is 11.9 Å². The quantitative estimate of drug-likeness (QED) is 0.670. The molecule has 0 saturated heterocycles. The molecule has 0 spiro atoms. The highest BCUT2D eigenvalue weighted by atomic mass is 16.4. The van der Waals surface area contributed by atoms with Gasteiger partial charge < -0.3 is 20.4 Å². The molecule has 0 atom stereocenters. The number of hydrogen-bond donors (Lipinski definition) is 4. The van der Waals surface area contributed by atoms with Crippen LogP contribution in [0.5, 0.6) is 0 Å². The van der Waals surface area contributed by atoms with Crippen molar-refractivity contribution >= 4 is 22.7 Å². The maximum absolute atomic E-state index is 10.9. The van der Waals surface area contributed by atoms with E-state index in [2.05, 4.69) is 0 Å². The van der Waals surface area contributed by atoms with Crippen molar-refractivity contribution in [3.63, 3.8) is 0 Å². The molecule has 0 aromatic heterocycles. The zero-order valence-electron chi connectivity index (χ0n) is 10.5. The molecule has 0 unspecified atom stereocenters. The summed E-state index contributed by atoms with van der Waals surface area (Å²) in [5, 5.41) is 34.5. The summed E-state index contributed by atoms with van der Waals surface area (Å²) in [4.78, 5) is 21.8. The summed E-state index contributed by atoms with van der Waals surface area (Å²) in [7, 11) is 0. The molecular weight excluding hydrogens is 264 g/mol. The molecule has 4 N–H and O–H groups in total. The van der Waals surface area contributed by atoms with Crippen LogP contribution < -0.4 is 0 Å². The van der Waals surface area contributed by atoms with Crippen molar-refractivity contribution in [2.45, 2.75) is 0 Å². The zero-order chi connectivity index (χ0) is 15.1. The van der Waals surface area contributed by atoms with E-state index in [1.54, 1.807) is 24.3 Å². The number of aliphatic hydroxyl groups is 2. The van der Waals surface area contributed by atoms with Crippen LogP contribution in [0.4, 0.5) is 0 Å². The van der Waals surface area contributed by atoms with Gasteiger partial charge in [0.25, 0.3) is 0 Å². The van der Waals surface area contributed by atoms with Gasteiger partial charge in [0.15, 0.2) is 0 Å².